The molecule has 23 heavy (non-hydrogen) atoms. The van der Waals surface area contributed by atoms with E-state index in [4.69, 9.17) is 0 Å². The van der Waals surface area contributed by atoms with Crippen LogP contribution in [0.2, 0.25) is 0 Å². The van der Waals surface area contributed by atoms with Crippen molar-refractivity contribution in [1.29, 1.82) is 0 Å². The molecule has 3 aromatic rings. The van der Waals surface area contributed by atoms with Gasteiger partial charge in [-0.25, -0.2) is 0 Å². The van der Waals surface area contributed by atoms with Crippen LogP contribution in [0.4, 0.5) is 0 Å². The number of pyridine rings is 1. The molecule has 3 fully saturated rings. The van der Waals surface area contributed by atoms with Crippen molar-refractivity contribution in [3.05, 3.63) is 48.4 Å². The third-order valence-electron chi connectivity index (χ3n) is 5.17. The van der Waals surface area contributed by atoms with Crippen molar-refractivity contribution in [1.82, 2.24) is 25.4 Å². The Morgan fingerprint density at radius 2 is 2.22 bits per heavy atom. The highest BCUT2D eigenvalue weighted by molar-refractivity contribution is 5.88. The Balaban J connectivity index is 1.73. The Bertz CT molecular complexity index is 886. The number of piperidine rings is 1. The maximum absolute atomic E-state index is 4.60. The van der Waals surface area contributed by atoms with E-state index in [1.54, 1.807) is 0 Å². The Kier molecular flexibility index (Phi) is 2.66. The number of hydrogen-bond acceptors (Lipinski definition) is 4. The highest BCUT2D eigenvalue weighted by atomic mass is 15.2. The number of nitrogens with zero attached hydrogens (tertiary/aromatic N) is 3. The van der Waals surface area contributed by atoms with E-state index in [1.165, 1.54) is 22.9 Å². The first-order chi connectivity index (χ1) is 11.2. The van der Waals surface area contributed by atoms with Crippen LogP contribution in [0.3, 0.4) is 0 Å². The molecule has 0 radical (unpaired) electrons. The molecule has 6 rings (SSSR count). The molecule has 2 bridgehead atoms. The van der Waals surface area contributed by atoms with Gasteiger partial charge in [0.15, 0.2) is 0 Å². The van der Waals surface area contributed by atoms with Crippen LogP contribution in [0, 0.1) is 0 Å². The summed E-state index contributed by atoms with van der Waals surface area (Å²) < 4.78 is 1.84. The fourth-order valence-corrected chi connectivity index (χ4v) is 4.09. The number of benzene rings is 1. The van der Waals surface area contributed by atoms with Crippen LogP contribution >= 0.6 is 0 Å². The van der Waals surface area contributed by atoms with Crippen molar-refractivity contribution in [2.45, 2.75) is 18.0 Å². The van der Waals surface area contributed by atoms with Gasteiger partial charge in [-0.15, -0.1) is 0 Å². The fraction of sp³-hybridized carbons (Fsp3) is 0.333. The molecular formula is C18H19N5. The van der Waals surface area contributed by atoms with E-state index in [9.17, 15) is 0 Å². The first kappa shape index (κ1) is 13.2. The molecule has 3 aliphatic heterocycles. The quantitative estimate of drug-likeness (QED) is 0.758. The summed E-state index contributed by atoms with van der Waals surface area (Å²) in [5, 5.41) is 12.9. The SMILES string of the molecule is Cn1cc(-c2cc(C34CNCC(C3)N4)c3cccnc3c2)cn1. The van der Waals surface area contributed by atoms with E-state index in [2.05, 4.69) is 45.1 Å². The molecule has 2 N–H and O–H groups in total. The van der Waals surface area contributed by atoms with Crippen LogP contribution < -0.4 is 10.6 Å². The van der Waals surface area contributed by atoms with Gasteiger partial charge in [0.05, 0.1) is 17.3 Å². The lowest BCUT2D eigenvalue weighted by Gasteiger charge is -2.54. The summed E-state index contributed by atoms with van der Waals surface area (Å²) >= 11 is 0. The number of aryl methyl sites for hydroxylation is 1. The second kappa shape index (κ2) is 4.63. The van der Waals surface area contributed by atoms with Gasteiger partial charge in [-0.1, -0.05) is 6.07 Å². The Labute approximate surface area is 134 Å². The molecule has 1 aromatic carbocycles. The molecule has 5 nitrogen and oxygen atoms in total. The second-order valence-electron chi connectivity index (χ2n) is 6.75. The molecule has 3 saturated heterocycles. The summed E-state index contributed by atoms with van der Waals surface area (Å²) in [6.07, 6.45) is 7.04. The van der Waals surface area contributed by atoms with Crippen molar-refractivity contribution < 1.29 is 0 Å². The lowest BCUT2D eigenvalue weighted by atomic mass is 9.71. The van der Waals surface area contributed by atoms with Crippen molar-refractivity contribution in [3.63, 3.8) is 0 Å². The highest BCUT2D eigenvalue weighted by Gasteiger charge is 2.48. The minimum atomic E-state index is 0.0441. The van der Waals surface area contributed by atoms with Crippen LogP contribution in [0.25, 0.3) is 22.0 Å². The molecule has 0 amide bonds. The van der Waals surface area contributed by atoms with Crippen molar-refractivity contribution in [2.75, 3.05) is 13.1 Å². The zero-order valence-corrected chi connectivity index (χ0v) is 13.1. The minimum Gasteiger partial charge on any atom is -0.313 e. The summed E-state index contributed by atoms with van der Waals surface area (Å²) in [5.74, 6) is 0. The van der Waals surface area contributed by atoms with Gasteiger partial charge in [0.25, 0.3) is 0 Å². The predicted octanol–water partition coefficient (Wildman–Crippen LogP) is 1.80. The molecule has 5 heteroatoms. The van der Waals surface area contributed by atoms with Gasteiger partial charge in [-0.2, -0.15) is 5.10 Å². The summed E-state index contributed by atoms with van der Waals surface area (Å²) in [4.78, 5) is 4.60. The van der Waals surface area contributed by atoms with E-state index >= 15 is 0 Å². The molecule has 0 saturated carbocycles. The van der Waals surface area contributed by atoms with Crippen molar-refractivity contribution in [3.8, 4) is 11.1 Å². The van der Waals surface area contributed by atoms with Crippen LogP contribution in [-0.4, -0.2) is 33.9 Å². The number of fused-ring (bicyclic) bond motifs is 3. The van der Waals surface area contributed by atoms with Crippen LogP contribution in [-0.2, 0) is 12.6 Å². The van der Waals surface area contributed by atoms with Gasteiger partial charge in [0.1, 0.15) is 0 Å². The summed E-state index contributed by atoms with van der Waals surface area (Å²) in [6, 6.07) is 9.29. The maximum Gasteiger partial charge on any atom is 0.0711 e. The zero-order valence-electron chi connectivity index (χ0n) is 13.1. The van der Waals surface area contributed by atoms with Gasteiger partial charge in [0.2, 0.25) is 0 Å². The molecule has 116 valence electrons. The Hall–Kier alpha value is -2.24. The summed E-state index contributed by atoms with van der Waals surface area (Å²) in [7, 11) is 1.95. The third-order valence-corrected chi connectivity index (χ3v) is 5.17. The number of nitrogens with one attached hydrogen (secondary N) is 2. The van der Waals surface area contributed by atoms with E-state index in [1.807, 2.05) is 30.2 Å². The average molecular weight is 305 g/mol. The number of piperazine rings is 1. The lowest BCUT2D eigenvalue weighted by molar-refractivity contribution is 0.0886. The minimum absolute atomic E-state index is 0.0441. The van der Waals surface area contributed by atoms with E-state index < -0.39 is 0 Å². The normalized spacial score (nSPS) is 26.2. The van der Waals surface area contributed by atoms with E-state index in [-0.39, 0.29) is 5.54 Å². The number of aromatic nitrogens is 3. The lowest BCUT2D eigenvalue weighted by Crippen LogP contribution is -2.72. The second-order valence-corrected chi connectivity index (χ2v) is 6.75. The highest BCUT2D eigenvalue weighted by Crippen LogP contribution is 2.42. The van der Waals surface area contributed by atoms with Gasteiger partial charge in [0, 0.05) is 49.5 Å². The van der Waals surface area contributed by atoms with Crippen molar-refractivity contribution >= 4 is 10.9 Å². The predicted molar refractivity (Wildman–Crippen MR) is 90.0 cm³/mol. The standard InChI is InChI=1S/C18H19N5/c1-23-10-13(8-21-23)12-5-16(15-3-2-4-20-17(15)6-12)18-7-14(22-18)9-19-11-18/h2-6,8,10,14,19,22H,7,9,11H2,1H3. The van der Waals surface area contributed by atoms with Crippen molar-refractivity contribution in [2.24, 2.45) is 7.05 Å². The fourth-order valence-electron chi connectivity index (χ4n) is 4.09. The Morgan fingerprint density at radius 3 is 2.96 bits per heavy atom. The smallest absolute Gasteiger partial charge is 0.0711 e. The van der Waals surface area contributed by atoms with E-state index in [0.717, 1.165) is 24.2 Å². The first-order valence-electron chi connectivity index (χ1n) is 8.10. The average Bonchev–Trinajstić information content (AvgIpc) is 3.00. The van der Waals surface area contributed by atoms with Crippen LogP contribution in [0.5, 0.6) is 0 Å². The topological polar surface area (TPSA) is 54.8 Å². The molecular weight excluding hydrogens is 286 g/mol. The summed E-state index contributed by atoms with van der Waals surface area (Å²) in [6.45, 7) is 2.05. The molecule has 2 unspecified atom stereocenters. The first-order valence-corrected chi connectivity index (χ1v) is 8.10. The van der Waals surface area contributed by atoms with Gasteiger partial charge in [-0.05, 0) is 35.7 Å². The van der Waals surface area contributed by atoms with E-state index in [0.29, 0.717) is 6.04 Å². The monoisotopic (exact) mass is 305 g/mol. The van der Waals surface area contributed by atoms with Crippen LogP contribution in [0.15, 0.2) is 42.9 Å². The van der Waals surface area contributed by atoms with Crippen LogP contribution in [0.1, 0.15) is 12.0 Å². The molecule has 0 aliphatic carbocycles. The van der Waals surface area contributed by atoms with Gasteiger partial charge < -0.3 is 10.6 Å². The maximum atomic E-state index is 4.60. The number of hydrogen-bond donors (Lipinski definition) is 2. The summed E-state index contributed by atoms with van der Waals surface area (Å²) in [5.41, 5.74) is 4.77. The molecule has 0 spiro atoms. The zero-order chi connectivity index (χ0) is 15.4. The molecule has 5 heterocycles. The van der Waals surface area contributed by atoms with Gasteiger partial charge >= 0.3 is 0 Å². The number of rotatable bonds is 2. The largest absolute Gasteiger partial charge is 0.313 e. The third kappa shape index (κ3) is 1.93. The molecule has 3 aliphatic rings. The Morgan fingerprint density at radius 1 is 1.30 bits per heavy atom. The van der Waals surface area contributed by atoms with Gasteiger partial charge in [-0.3, -0.25) is 9.67 Å². The molecule has 2 aromatic heterocycles. The molecule has 2 atom stereocenters.